The molecule has 0 bridgehead atoms. The Balaban J connectivity index is 3.27. The van der Waals surface area contributed by atoms with E-state index in [2.05, 4.69) is 0 Å². The molecule has 0 fully saturated rings. The van der Waals surface area contributed by atoms with Crippen molar-refractivity contribution in [3.8, 4) is 0 Å². The molecule has 0 saturated heterocycles. The highest BCUT2D eigenvalue weighted by atomic mass is 19.4. The summed E-state index contributed by atoms with van der Waals surface area (Å²) >= 11 is 0. The summed E-state index contributed by atoms with van der Waals surface area (Å²) in [5.74, 6) is -3.80. The second kappa shape index (κ2) is 6.20. The molecule has 0 aromatic heterocycles. The maximum Gasteiger partial charge on any atom is 0.471 e. The number of alkyl halides is 3. The maximum absolute atomic E-state index is 12.5. The second-order valence-electron chi connectivity index (χ2n) is 3.84. The van der Waals surface area contributed by atoms with Crippen molar-refractivity contribution in [1.29, 1.82) is 0 Å². The average Bonchev–Trinajstić information content (AvgIpc) is 2.37. The number of nitro groups is 1. The van der Waals surface area contributed by atoms with Crippen molar-refractivity contribution in [3.63, 3.8) is 0 Å². The fourth-order valence-corrected chi connectivity index (χ4v) is 1.54. The molecule has 0 aliphatic carbocycles. The monoisotopic (exact) mass is 306 g/mol. The molecule has 1 aromatic carbocycles. The maximum atomic E-state index is 12.5. The first-order valence-corrected chi connectivity index (χ1v) is 5.48. The van der Waals surface area contributed by atoms with Crippen molar-refractivity contribution in [3.05, 3.63) is 34.4 Å². The number of anilines is 1. The van der Waals surface area contributed by atoms with Gasteiger partial charge in [-0.1, -0.05) is 12.1 Å². The van der Waals surface area contributed by atoms with Gasteiger partial charge in [0.25, 0.3) is 5.69 Å². The van der Waals surface area contributed by atoms with E-state index in [-0.39, 0.29) is 4.90 Å². The Hall–Kier alpha value is -2.65. The third-order valence-electron chi connectivity index (χ3n) is 2.41. The van der Waals surface area contributed by atoms with Crippen LogP contribution in [0.25, 0.3) is 0 Å². The lowest BCUT2D eigenvalue weighted by Crippen LogP contribution is -2.42. The fourth-order valence-electron chi connectivity index (χ4n) is 1.54. The van der Waals surface area contributed by atoms with E-state index in [0.29, 0.717) is 0 Å². The Labute approximate surface area is 115 Å². The first-order valence-electron chi connectivity index (χ1n) is 5.48. The number of carbonyl (C=O) groups is 2. The Kier molecular flexibility index (Phi) is 4.84. The number of para-hydroxylation sites is 2. The van der Waals surface area contributed by atoms with Crippen LogP contribution < -0.4 is 4.90 Å². The number of benzene rings is 1. The van der Waals surface area contributed by atoms with Crippen molar-refractivity contribution >= 4 is 23.3 Å². The number of nitro benzene ring substituents is 1. The van der Waals surface area contributed by atoms with Crippen LogP contribution in [0.3, 0.4) is 0 Å². The smallest absolute Gasteiger partial charge is 0.471 e. The van der Waals surface area contributed by atoms with Crippen LogP contribution in [-0.2, 0) is 9.59 Å². The van der Waals surface area contributed by atoms with Gasteiger partial charge in [0.2, 0.25) is 0 Å². The molecule has 0 radical (unpaired) electrons. The molecular formula is C11H9F3N2O5. The van der Waals surface area contributed by atoms with E-state index in [1.165, 1.54) is 12.1 Å². The third kappa shape index (κ3) is 4.16. The number of rotatable bonds is 5. The third-order valence-corrected chi connectivity index (χ3v) is 2.41. The molecule has 0 aliphatic heterocycles. The van der Waals surface area contributed by atoms with Crippen LogP contribution in [0, 0.1) is 10.1 Å². The van der Waals surface area contributed by atoms with Crippen LogP contribution in [0.1, 0.15) is 6.42 Å². The molecule has 0 atom stereocenters. The summed E-state index contributed by atoms with van der Waals surface area (Å²) in [4.78, 5) is 31.7. The van der Waals surface area contributed by atoms with Gasteiger partial charge < -0.3 is 5.11 Å². The van der Waals surface area contributed by atoms with E-state index >= 15 is 0 Å². The lowest BCUT2D eigenvalue weighted by Gasteiger charge is -2.22. The van der Waals surface area contributed by atoms with Crippen molar-refractivity contribution in [1.82, 2.24) is 0 Å². The summed E-state index contributed by atoms with van der Waals surface area (Å²) in [5, 5.41) is 19.3. The van der Waals surface area contributed by atoms with Crippen LogP contribution in [0.4, 0.5) is 24.5 Å². The molecule has 10 heteroatoms. The van der Waals surface area contributed by atoms with E-state index in [9.17, 15) is 32.9 Å². The lowest BCUT2D eigenvalue weighted by atomic mass is 10.2. The number of aliphatic carboxylic acids is 1. The standard InChI is InChI=1S/C11H9F3N2O5/c12-11(13,14)10(19)15(6-5-9(17)18)7-3-1-2-4-8(7)16(20)21/h1-4H,5-6H2,(H,17,18). The number of nitrogens with zero attached hydrogens (tertiary/aromatic N) is 2. The molecule has 0 aliphatic rings. The Bertz CT molecular complexity index is 573. The van der Waals surface area contributed by atoms with Crippen molar-refractivity contribution in [2.45, 2.75) is 12.6 Å². The fraction of sp³-hybridized carbons (Fsp3) is 0.273. The topological polar surface area (TPSA) is 101 Å². The SMILES string of the molecule is O=C(O)CCN(C(=O)C(F)(F)F)c1ccccc1[N+](=O)[O-]. The van der Waals surface area contributed by atoms with Crippen LogP contribution in [0.2, 0.25) is 0 Å². The van der Waals surface area contributed by atoms with Crippen molar-refractivity contribution < 1.29 is 32.8 Å². The Morgan fingerprint density at radius 1 is 1.29 bits per heavy atom. The Morgan fingerprint density at radius 2 is 1.86 bits per heavy atom. The number of hydrogen-bond donors (Lipinski definition) is 1. The van der Waals surface area contributed by atoms with Crippen molar-refractivity contribution in [2.75, 3.05) is 11.4 Å². The highest BCUT2D eigenvalue weighted by Crippen LogP contribution is 2.31. The molecule has 21 heavy (non-hydrogen) atoms. The van der Waals surface area contributed by atoms with E-state index in [4.69, 9.17) is 5.11 Å². The van der Waals surface area contributed by atoms with E-state index in [1.54, 1.807) is 0 Å². The van der Waals surface area contributed by atoms with Gasteiger partial charge in [-0.15, -0.1) is 0 Å². The average molecular weight is 306 g/mol. The van der Waals surface area contributed by atoms with E-state index in [0.717, 1.165) is 12.1 Å². The summed E-state index contributed by atoms with van der Waals surface area (Å²) in [7, 11) is 0. The molecule has 1 rings (SSSR count). The summed E-state index contributed by atoms with van der Waals surface area (Å²) < 4.78 is 37.6. The number of hydrogen-bond acceptors (Lipinski definition) is 4. The van der Waals surface area contributed by atoms with Gasteiger partial charge in [0.15, 0.2) is 0 Å². The number of carbonyl (C=O) groups excluding carboxylic acids is 1. The second-order valence-corrected chi connectivity index (χ2v) is 3.84. The summed E-state index contributed by atoms with van der Waals surface area (Å²) in [6.07, 6.45) is -6.06. The molecular weight excluding hydrogens is 297 g/mol. The van der Waals surface area contributed by atoms with Gasteiger partial charge in [-0.25, -0.2) is 0 Å². The van der Waals surface area contributed by atoms with Gasteiger partial charge >= 0.3 is 18.1 Å². The van der Waals surface area contributed by atoms with Gasteiger partial charge in [-0.3, -0.25) is 24.6 Å². The summed E-state index contributed by atoms with van der Waals surface area (Å²) in [6, 6.07) is 4.30. The predicted octanol–water partition coefficient (Wildman–Crippen LogP) is 1.96. The van der Waals surface area contributed by atoms with Gasteiger partial charge in [0, 0.05) is 12.6 Å². The minimum absolute atomic E-state index is 0.0479. The molecule has 0 heterocycles. The van der Waals surface area contributed by atoms with E-state index < -0.39 is 47.3 Å². The molecule has 1 aromatic rings. The van der Waals surface area contributed by atoms with Gasteiger partial charge in [-0.2, -0.15) is 13.2 Å². The zero-order valence-electron chi connectivity index (χ0n) is 10.3. The molecule has 1 amide bonds. The Morgan fingerprint density at radius 3 is 2.33 bits per heavy atom. The number of carboxylic acid groups (broad SMARTS) is 1. The van der Waals surface area contributed by atoms with Crippen molar-refractivity contribution in [2.24, 2.45) is 0 Å². The first kappa shape index (κ1) is 16.4. The predicted molar refractivity (Wildman–Crippen MR) is 63.8 cm³/mol. The highest BCUT2D eigenvalue weighted by molar-refractivity contribution is 5.99. The minimum atomic E-state index is -5.28. The van der Waals surface area contributed by atoms with Crippen LogP contribution in [-0.4, -0.2) is 34.6 Å². The molecule has 0 spiro atoms. The van der Waals surface area contributed by atoms with Crippen LogP contribution in [0.5, 0.6) is 0 Å². The van der Waals surface area contributed by atoms with Gasteiger partial charge in [-0.05, 0) is 6.07 Å². The number of carboxylic acids is 1. The molecule has 0 saturated carbocycles. The number of halogens is 3. The molecule has 0 unspecified atom stereocenters. The summed E-state index contributed by atoms with van der Waals surface area (Å²) in [5.41, 5.74) is -1.33. The minimum Gasteiger partial charge on any atom is -0.481 e. The zero-order chi connectivity index (χ0) is 16.2. The van der Waals surface area contributed by atoms with Crippen LogP contribution in [0.15, 0.2) is 24.3 Å². The van der Waals surface area contributed by atoms with E-state index in [1.807, 2.05) is 0 Å². The lowest BCUT2D eigenvalue weighted by molar-refractivity contribution is -0.384. The number of amides is 1. The highest BCUT2D eigenvalue weighted by Gasteiger charge is 2.44. The normalized spacial score (nSPS) is 11.0. The quantitative estimate of drug-likeness (QED) is 0.662. The molecule has 114 valence electrons. The van der Waals surface area contributed by atoms with Crippen LogP contribution >= 0.6 is 0 Å². The molecule has 7 nitrogen and oxygen atoms in total. The van der Waals surface area contributed by atoms with Gasteiger partial charge in [0.1, 0.15) is 5.69 Å². The first-order chi connectivity index (χ1) is 9.64. The summed E-state index contributed by atoms with van der Waals surface area (Å²) in [6.45, 7) is -0.835. The largest absolute Gasteiger partial charge is 0.481 e. The zero-order valence-corrected chi connectivity index (χ0v) is 10.3. The molecule has 1 N–H and O–H groups in total. The van der Waals surface area contributed by atoms with Gasteiger partial charge in [0.05, 0.1) is 11.3 Å².